The molecule has 3 aromatic rings. The summed E-state index contributed by atoms with van der Waals surface area (Å²) in [5, 5.41) is 14.5. The summed E-state index contributed by atoms with van der Waals surface area (Å²) >= 11 is 1.62. The molecule has 6 nitrogen and oxygen atoms in total. The molecular formula is C14H14N4O2S. The Morgan fingerprint density at radius 2 is 2.43 bits per heavy atom. The molecule has 3 heterocycles. The summed E-state index contributed by atoms with van der Waals surface area (Å²) in [5.41, 5.74) is 1.43. The van der Waals surface area contributed by atoms with Gasteiger partial charge in [-0.1, -0.05) is 5.21 Å². The van der Waals surface area contributed by atoms with Crippen molar-refractivity contribution in [2.75, 3.05) is 6.54 Å². The topological polar surface area (TPSA) is 73.0 Å². The number of rotatable bonds is 5. The van der Waals surface area contributed by atoms with E-state index in [1.54, 1.807) is 30.8 Å². The van der Waals surface area contributed by atoms with E-state index >= 15 is 0 Å². The number of furan rings is 1. The van der Waals surface area contributed by atoms with E-state index in [9.17, 15) is 4.79 Å². The number of nitrogens with zero attached hydrogens (tertiary/aromatic N) is 3. The molecule has 3 aromatic heterocycles. The van der Waals surface area contributed by atoms with Crippen LogP contribution in [-0.4, -0.2) is 27.4 Å². The summed E-state index contributed by atoms with van der Waals surface area (Å²) in [6.07, 6.45) is 3.22. The second-order valence-corrected chi connectivity index (χ2v) is 5.39. The molecule has 1 amide bonds. The summed E-state index contributed by atoms with van der Waals surface area (Å²) in [6.45, 7) is 0.444. The third kappa shape index (κ3) is 3.03. The highest BCUT2D eigenvalue weighted by Crippen LogP contribution is 2.26. The zero-order valence-corrected chi connectivity index (χ0v) is 12.2. The van der Waals surface area contributed by atoms with Gasteiger partial charge in [0, 0.05) is 13.6 Å². The minimum Gasteiger partial charge on any atom is -0.469 e. The number of hydrogen-bond donors (Lipinski definition) is 1. The number of aryl methyl sites for hydroxylation is 1. The van der Waals surface area contributed by atoms with Crippen LogP contribution in [0.15, 0.2) is 45.8 Å². The standard InChI is InChI=1S/C14H14N4O2S/c1-18-8-12(16-17-18)14(19)15-7-11(10-4-6-21-9-10)13-3-2-5-20-13/h2-6,8-9,11H,7H2,1H3,(H,15,19). The number of hydrogen-bond acceptors (Lipinski definition) is 5. The van der Waals surface area contributed by atoms with Crippen LogP contribution in [0.2, 0.25) is 0 Å². The highest BCUT2D eigenvalue weighted by Gasteiger charge is 2.19. The number of thiophene rings is 1. The summed E-state index contributed by atoms with van der Waals surface area (Å²) in [5.74, 6) is 0.578. The predicted molar refractivity (Wildman–Crippen MR) is 78.2 cm³/mol. The van der Waals surface area contributed by atoms with E-state index in [0.717, 1.165) is 11.3 Å². The van der Waals surface area contributed by atoms with Crippen LogP contribution in [0.3, 0.4) is 0 Å². The lowest BCUT2D eigenvalue weighted by atomic mass is 9.99. The number of carbonyl (C=O) groups is 1. The summed E-state index contributed by atoms with van der Waals surface area (Å²) < 4.78 is 6.98. The first-order chi connectivity index (χ1) is 10.2. The van der Waals surface area contributed by atoms with Crippen LogP contribution in [0.1, 0.15) is 27.7 Å². The molecule has 0 saturated heterocycles. The van der Waals surface area contributed by atoms with Crippen molar-refractivity contribution in [2.24, 2.45) is 7.05 Å². The van der Waals surface area contributed by atoms with Crippen LogP contribution in [0, 0.1) is 0 Å². The van der Waals surface area contributed by atoms with Crippen molar-refractivity contribution < 1.29 is 9.21 Å². The van der Waals surface area contributed by atoms with Gasteiger partial charge in [-0.3, -0.25) is 9.48 Å². The SMILES string of the molecule is Cn1cc(C(=O)NCC(c2ccsc2)c2ccco2)nn1. The van der Waals surface area contributed by atoms with Gasteiger partial charge >= 0.3 is 0 Å². The Morgan fingerprint density at radius 3 is 3.05 bits per heavy atom. The molecule has 0 aliphatic heterocycles. The van der Waals surface area contributed by atoms with Gasteiger partial charge in [-0.05, 0) is 34.5 Å². The molecule has 21 heavy (non-hydrogen) atoms. The minimum absolute atomic E-state index is 0.00753. The van der Waals surface area contributed by atoms with Crippen molar-refractivity contribution in [3.63, 3.8) is 0 Å². The fraction of sp³-hybridized carbons (Fsp3) is 0.214. The van der Waals surface area contributed by atoms with Gasteiger partial charge in [0.1, 0.15) is 5.76 Å². The van der Waals surface area contributed by atoms with Crippen LogP contribution in [-0.2, 0) is 7.05 Å². The highest BCUT2D eigenvalue weighted by molar-refractivity contribution is 7.08. The first-order valence-electron chi connectivity index (χ1n) is 6.44. The minimum atomic E-state index is -0.241. The van der Waals surface area contributed by atoms with E-state index in [-0.39, 0.29) is 11.8 Å². The molecule has 0 saturated carbocycles. The number of aromatic nitrogens is 3. The van der Waals surface area contributed by atoms with E-state index in [1.165, 1.54) is 4.68 Å². The molecule has 3 rings (SSSR count). The molecule has 0 radical (unpaired) electrons. The molecule has 108 valence electrons. The Bertz CT molecular complexity index is 669. The van der Waals surface area contributed by atoms with Crippen molar-refractivity contribution in [1.82, 2.24) is 20.3 Å². The summed E-state index contributed by atoms with van der Waals surface area (Å²) in [7, 11) is 1.72. The molecule has 1 unspecified atom stereocenters. The van der Waals surface area contributed by atoms with E-state index in [2.05, 4.69) is 21.0 Å². The Labute approximate surface area is 125 Å². The Balaban J connectivity index is 1.72. The zero-order valence-electron chi connectivity index (χ0n) is 11.4. The number of nitrogens with one attached hydrogen (secondary N) is 1. The van der Waals surface area contributed by atoms with Crippen LogP contribution in [0.5, 0.6) is 0 Å². The Kier molecular flexibility index (Phi) is 3.83. The van der Waals surface area contributed by atoms with Gasteiger partial charge in [-0.25, -0.2) is 0 Å². The average Bonchev–Trinajstić information content (AvgIpc) is 3.21. The smallest absolute Gasteiger partial charge is 0.273 e. The summed E-state index contributed by atoms with van der Waals surface area (Å²) in [6, 6.07) is 5.79. The predicted octanol–water partition coefficient (Wildman–Crippen LogP) is 2.03. The third-order valence-corrected chi connectivity index (χ3v) is 3.84. The quantitative estimate of drug-likeness (QED) is 0.782. The molecular weight excluding hydrogens is 288 g/mol. The first kappa shape index (κ1) is 13.6. The summed E-state index contributed by atoms with van der Waals surface area (Å²) in [4.78, 5) is 12.0. The normalized spacial score (nSPS) is 12.2. The maximum atomic E-state index is 12.0. The van der Waals surface area contributed by atoms with Crippen LogP contribution < -0.4 is 5.32 Å². The van der Waals surface area contributed by atoms with E-state index < -0.39 is 0 Å². The number of amides is 1. The second-order valence-electron chi connectivity index (χ2n) is 4.61. The van der Waals surface area contributed by atoms with Gasteiger partial charge in [0.2, 0.25) is 0 Å². The van der Waals surface area contributed by atoms with Crippen molar-refractivity contribution in [1.29, 1.82) is 0 Å². The van der Waals surface area contributed by atoms with Gasteiger partial charge in [-0.15, -0.1) is 5.10 Å². The maximum absolute atomic E-state index is 12.0. The van der Waals surface area contributed by atoms with Crippen molar-refractivity contribution in [2.45, 2.75) is 5.92 Å². The molecule has 0 bridgehead atoms. The van der Waals surface area contributed by atoms with Crippen molar-refractivity contribution in [3.05, 3.63) is 58.4 Å². The van der Waals surface area contributed by atoms with Gasteiger partial charge < -0.3 is 9.73 Å². The molecule has 0 aliphatic carbocycles. The van der Waals surface area contributed by atoms with E-state index in [0.29, 0.717) is 12.2 Å². The molecule has 0 spiro atoms. The van der Waals surface area contributed by atoms with Gasteiger partial charge in [-0.2, -0.15) is 11.3 Å². The van der Waals surface area contributed by atoms with Crippen molar-refractivity contribution >= 4 is 17.2 Å². The maximum Gasteiger partial charge on any atom is 0.273 e. The fourth-order valence-electron chi connectivity index (χ4n) is 2.08. The van der Waals surface area contributed by atoms with Crippen LogP contribution >= 0.6 is 11.3 Å². The first-order valence-corrected chi connectivity index (χ1v) is 7.38. The Morgan fingerprint density at radius 1 is 1.52 bits per heavy atom. The lowest BCUT2D eigenvalue weighted by Gasteiger charge is -2.13. The Hall–Kier alpha value is -2.41. The molecule has 0 fully saturated rings. The highest BCUT2D eigenvalue weighted by atomic mass is 32.1. The molecule has 7 heteroatoms. The van der Waals surface area contributed by atoms with Gasteiger partial charge in [0.05, 0.1) is 18.4 Å². The lowest BCUT2D eigenvalue weighted by molar-refractivity contribution is 0.0946. The van der Waals surface area contributed by atoms with Crippen LogP contribution in [0.4, 0.5) is 0 Å². The van der Waals surface area contributed by atoms with E-state index in [4.69, 9.17) is 4.42 Å². The largest absolute Gasteiger partial charge is 0.469 e. The van der Waals surface area contributed by atoms with Gasteiger partial charge in [0.15, 0.2) is 5.69 Å². The molecule has 0 aliphatic rings. The monoisotopic (exact) mass is 302 g/mol. The van der Waals surface area contributed by atoms with Gasteiger partial charge in [0.25, 0.3) is 5.91 Å². The van der Waals surface area contributed by atoms with Crippen LogP contribution in [0.25, 0.3) is 0 Å². The molecule has 1 atom stereocenters. The number of carbonyl (C=O) groups excluding carboxylic acids is 1. The third-order valence-electron chi connectivity index (χ3n) is 3.13. The van der Waals surface area contributed by atoms with E-state index in [1.807, 2.05) is 23.6 Å². The molecule has 1 N–H and O–H groups in total. The zero-order chi connectivity index (χ0) is 14.7. The fourth-order valence-corrected chi connectivity index (χ4v) is 2.80. The van der Waals surface area contributed by atoms with Crippen molar-refractivity contribution in [3.8, 4) is 0 Å². The lowest BCUT2D eigenvalue weighted by Crippen LogP contribution is -2.29. The second kappa shape index (κ2) is 5.92. The molecule has 0 aromatic carbocycles. The average molecular weight is 302 g/mol.